The van der Waals surface area contributed by atoms with Crippen molar-refractivity contribution in [1.82, 2.24) is 4.57 Å². The quantitative estimate of drug-likeness (QED) is 0.854. The van der Waals surface area contributed by atoms with E-state index in [1.165, 1.54) is 29.3 Å². The average molecular weight is 244 g/mol. The lowest BCUT2D eigenvalue weighted by molar-refractivity contribution is 0.328. The van der Waals surface area contributed by atoms with E-state index >= 15 is 0 Å². The molecule has 0 atom stereocenters. The van der Waals surface area contributed by atoms with Crippen LogP contribution in [0.15, 0.2) is 30.5 Å². The van der Waals surface area contributed by atoms with Crippen LogP contribution in [0.5, 0.6) is 0 Å². The summed E-state index contributed by atoms with van der Waals surface area (Å²) in [5.74, 6) is 0. The summed E-state index contributed by atoms with van der Waals surface area (Å²) in [5, 5.41) is 1.37. The number of nitrogens with two attached hydrogens (primary N) is 1. The van der Waals surface area contributed by atoms with E-state index in [0.717, 1.165) is 13.1 Å². The van der Waals surface area contributed by atoms with Crippen LogP contribution in [0, 0.1) is 12.3 Å². The molecule has 0 aliphatic carbocycles. The fraction of sp³-hybridized carbons (Fsp3) is 0.500. The van der Waals surface area contributed by atoms with Gasteiger partial charge in [-0.2, -0.15) is 0 Å². The fourth-order valence-corrected chi connectivity index (χ4v) is 2.45. The molecule has 0 saturated carbocycles. The minimum absolute atomic E-state index is 0.262. The minimum atomic E-state index is 0.262. The lowest BCUT2D eigenvalue weighted by Gasteiger charge is -2.22. The maximum Gasteiger partial charge on any atom is 0.0483 e. The van der Waals surface area contributed by atoms with Crippen molar-refractivity contribution in [3.63, 3.8) is 0 Å². The predicted octanol–water partition coefficient (Wildman–Crippen LogP) is 3.71. The number of fused-ring (bicyclic) bond motifs is 1. The molecule has 0 aliphatic heterocycles. The standard InChI is InChI=1S/C16H24N2/c1-13-11-18(10-6-9-16(2,3)12-17)15-8-5-4-7-14(13)15/h4-5,7-8,11H,6,9-10,12,17H2,1-3H3. The van der Waals surface area contributed by atoms with Crippen LogP contribution in [0.1, 0.15) is 32.3 Å². The number of aryl methyl sites for hydroxylation is 2. The van der Waals surface area contributed by atoms with Crippen LogP contribution < -0.4 is 5.73 Å². The monoisotopic (exact) mass is 244 g/mol. The van der Waals surface area contributed by atoms with E-state index in [4.69, 9.17) is 5.73 Å². The molecule has 0 aliphatic rings. The van der Waals surface area contributed by atoms with E-state index < -0.39 is 0 Å². The van der Waals surface area contributed by atoms with Gasteiger partial charge in [0.05, 0.1) is 0 Å². The van der Waals surface area contributed by atoms with Gasteiger partial charge >= 0.3 is 0 Å². The molecule has 0 spiro atoms. The summed E-state index contributed by atoms with van der Waals surface area (Å²) in [6.07, 6.45) is 4.62. The molecular weight excluding hydrogens is 220 g/mol. The van der Waals surface area contributed by atoms with Crippen molar-refractivity contribution in [2.75, 3.05) is 6.54 Å². The minimum Gasteiger partial charge on any atom is -0.347 e. The highest BCUT2D eigenvalue weighted by Crippen LogP contribution is 2.24. The maximum absolute atomic E-state index is 5.77. The third-order valence-electron chi connectivity index (χ3n) is 3.79. The first-order valence-electron chi connectivity index (χ1n) is 6.78. The van der Waals surface area contributed by atoms with Crippen LogP contribution >= 0.6 is 0 Å². The number of nitrogens with zero attached hydrogens (tertiary/aromatic N) is 1. The van der Waals surface area contributed by atoms with E-state index in [1.807, 2.05) is 0 Å². The highest BCUT2D eigenvalue weighted by molar-refractivity contribution is 5.83. The van der Waals surface area contributed by atoms with Gasteiger partial charge < -0.3 is 10.3 Å². The third-order valence-corrected chi connectivity index (χ3v) is 3.79. The van der Waals surface area contributed by atoms with Crippen molar-refractivity contribution >= 4 is 10.9 Å². The number of rotatable bonds is 5. The summed E-state index contributed by atoms with van der Waals surface area (Å²) >= 11 is 0. The summed E-state index contributed by atoms with van der Waals surface area (Å²) in [7, 11) is 0. The van der Waals surface area contributed by atoms with E-state index in [9.17, 15) is 0 Å². The molecule has 2 heteroatoms. The van der Waals surface area contributed by atoms with Crippen LogP contribution in [0.25, 0.3) is 10.9 Å². The fourth-order valence-electron chi connectivity index (χ4n) is 2.45. The number of aromatic nitrogens is 1. The normalized spacial score (nSPS) is 12.2. The van der Waals surface area contributed by atoms with Gasteiger partial charge in [-0.15, -0.1) is 0 Å². The van der Waals surface area contributed by atoms with Crippen LogP contribution in [-0.2, 0) is 6.54 Å². The number of benzene rings is 1. The lowest BCUT2D eigenvalue weighted by Crippen LogP contribution is -2.23. The van der Waals surface area contributed by atoms with E-state index in [1.54, 1.807) is 0 Å². The molecule has 2 nitrogen and oxygen atoms in total. The maximum atomic E-state index is 5.77. The molecule has 1 aromatic carbocycles. The Labute approximate surface area is 110 Å². The van der Waals surface area contributed by atoms with E-state index in [-0.39, 0.29) is 5.41 Å². The molecule has 0 unspecified atom stereocenters. The molecule has 2 rings (SSSR count). The van der Waals surface area contributed by atoms with Gasteiger partial charge in [0.1, 0.15) is 0 Å². The summed E-state index contributed by atoms with van der Waals surface area (Å²) < 4.78 is 2.37. The summed E-state index contributed by atoms with van der Waals surface area (Å²) in [6.45, 7) is 8.51. The average Bonchev–Trinajstić information content (AvgIpc) is 2.67. The molecule has 98 valence electrons. The second-order valence-electron chi connectivity index (χ2n) is 5.99. The van der Waals surface area contributed by atoms with Crippen molar-refractivity contribution in [2.24, 2.45) is 11.1 Å². The van der Waals surface area contributed by atoms with Gasteiger partial charge in [-0.25, -0.2) is 0 Å². The van der Waals surface area contributed by atoms with Gasteiger partial charge in [0.25, 0.3) is 0 Å². The van der Waals surface area contributed by atoms with Crippen molar-refractivity contribution in [1.29, 1.82) is 0 Å². The van der Waals surface area contributed by atoms with Gasteiger partial charge in [0.2, 0.25) is 0 Å². The first-order chi connectivity index (χ1) is 8.53. The van der Waals surface area contributed by atoms with Gasteiger partial charge in [0.15, 0.2) is 0 Å². The van der Waals surface area contributed by atoms with Crippen molar-refractivity contribution < 1.29 is 0 Å². The molecule has 0 amide bonds. The molecular formula is C16H24N2. The molecule has 0 radical (unpaired) electrons. The van der Waals surface area contributed by atoms with E-state index in [0.29, 0.717) is 0 Å². The van der Waals surface area contributed by atoms with Gasteiger partial charge in [-0.1, -0.05) is 32.0 Å². The molecule has 1 aromatic heterocycles. The second-order valence-corrected chi connectivity index (χ2v) is 5.99. The van der Waals surface area contributed by atoms with Crippen LogP contribution in [0.3, 0.4) is 0 Å². The van der Waals surface area contributed by atoms with Crippen LogP contribution in [0.2, 0.25) is 0 Å². The predicted molar refractivity (Wildman–Crippen MR) is 78.7 cm³/mol. The Bertz CT molecular complexity index is 523. The van der Waals surface area contributed by atoms with Crippen LogP contribution in [-0.4, -0.2) is 11.1 Å². The van der Waals surface area contributed by atoms with Crippen molar-refractivity contribution in [3.05, 3.63) is 36.0 Å². The molecule has 2 aromatic rings. The van der Waals surface area contributed by atoms with Crippen molar-refractivity contribution in [3.8, 4) is 0 Å². The Balaban J connectivity index is 2.09. The summed E-state index contributed by atoms with van der Waals surface area (Å²) in [6, 6.07) is 8.63. The molecule has 1 heterocycles. The summed E-state index contributed by atoms with van der Waals surface area (Å²) in [5.41, 5.74) is 8.75. The van der Waals surface area contributed by atoms with Gasteiger partial charge in [-0.05, 0) is 43.4 Å². The van der Waals surface area contributed by atoms with Crippen LogP contribution in [0.4, 0.5) is 0 Å². The first-order valence-corrected chi connectivity index (χ1v) is 6.78. The highest BCUT2D eigenvalue weighted by Gasteiger charge is 2.15. The Morgan fingerprint density at radius 2 is 1.94 bits per heavy atom. The Kier molecular flexibility index (Phi) is 3.76. The Hall–Kier alpha value is -1.28. The topological polar surface area (TPSA) is 30.9 Å². The first kappa shape index (κ1) is 13.2. The summed E-state index contributed by atoms with van der Waals surface area (Å²) in [4.78, 5) is 0. The third kappa shape index (κ3) is 2.75. The Morgan fingerprint density at radius 1 is 1.22 bits per heavy atom. The molecule has 18 heavy (non-hydrogen) atoms. The molecule has 0 bridgehead atoms. The van der Waals surface area contributed by atoms with Gasteiger partial charge in [-0.3, -0.25) is 0 Å². The van der Waals surface area contributed by atoms with Crippen molar-refractivity contribution in [2.45, 2.75) is 40.2 Å². The second kappa shape index (κ2) is 5.15. The Morgan fingerprint density at radius 3 is 2.67 bits per heavy atom. The SMILES string of the molecule is Cc1cn(CCCC(C)(C)CN)c2ccccc12. The zero-order valence-corrected chi connectivity index (χ0v) is 11.7. The smallest absolute Gasteiger partial charge is 0.0483 e. The van der Waals surface area contributed by atoms with E-state index in [2.05, 4.69) is 55.8 Å². The molecule has 0 fully saturated rings. The zero-order chi connectivity index (χ0) is 13.2. The molecule has 2 N–H and O–H groups in total. The van der Waals surface area contributed by atoms with Gasteiger partial charge in [0, 0.05) is 23.6 Å². The lowest BCUT2D eigenvalue weighted by atomic mass is 9.88. The number of hydrogen-bond donors (Lipinski definition) is 1. The number of hydrogen-bond acceptors (Lipinski definition) is 1. The molecule has 0 saturated heterocycles. The highest BCUT2D eigenvalue weighted by atomic mass is 15.0. The zero-order valence-electron chi connectivity index (χ0n) is 11.7. The largest absolute Gasteiger partial charge is 0.347 e. The number of para-hydroxylation sites is 1.